The summed E-state index contributed by atoms with van der Waals surface area (Å²) in [6, 6.07) is 14.8. The first-order chi connectivity index (χ1) is 9.24. The van der Waals surface area contributed by atoms with E-state index in [4.69, 9.17) is 0 Å². The number of anilines is 1. The molecular weight excluding hydrogens is 252 g/mol. The number of nitrogens with one attached hydrogen (secondary N) is 1. The normalized spacial score (nSPS) is 18.9. The lowest BCUT2D eigenvalue weighted by Gasteiger charge is -2.13. The van der Waals surface area contributed by atoms with Gasteiger partial charge in [-0.3, -0.25) is 4.99 Å². The van der Waals surface area contributed by atoms with E-state index < -0.39 is 0 Å². The highest BCUT2D eigenvalue weighted by atomic mass is 32.2. The molecule has 1 atom stereocenters. The number of thioether (sulfide) groups is 1. The third-order valence-corrected chi connectivity index (χ3v) is 4.90. The van der Waals surface area contributed by atoms with Gasteiger partial charge in [-0.25, -0.2) is 0 Å². The van der Waals surface area contributed by atoms with Crippen LogP contribution in [0.5, 0.6) is 0 Å². The highest BCUT2D eigenvalue weighted by Gasteiger charge is 2.22. The number of amidine groups is 1. The molecule has 1 N–H and O–H groups in total. The van der Waals surface area contributed by atoms with Crippen LogP contribution in [0.4, 0.5) is 5.69 Å². The average Bonchev–Trinajstić information content (AvgIpc) is 2.88. The van der Waals surface area contributed by atoms with Gasteiger partial charge in [-0.15, -0.1) is 0 Å². The van der Waals surface area contributed by atoms with Crippen LogP contribution in [0.1, 0.15) is 13.8 Å². The highest BCUT2D eigenvalue weighted by Crippen LogP contribution is 2.30. The quantitative estimate of drug-likeness (QED) is 0.875. The van der Waals surface area contributed by atoms with Gasteiger partial charge in [0, 0.05) is 16.3 Å². The van der Waals surface area contributed by atoms with Crippen LogP contribution in [0.3, 0.4) is 0 Å². The van der Waals surface area contributed by atoms with Crippen LogP contribution >= 0.6 is 11.8 Å². The van der Waals surface area contributed by atoms with E-state index in [1.807, 2.05) is 11.8 Å². The fraction of sp³-hybridized carbons (Fsp3) is 0.312. The maximum Gasteiger partial charge on any atom is 0.161 e. The minimum atomic E-state index is 0.609. The summed E-state index contributed by atoms with van der Waals surface area (Å²) in [5.74, 6) is 0.667. The molecule has 1 aliphatic heterocycles. The molecule has 2 aromatic carbocycles. The predicted molar refractivity (Wildman–Crippen MR) is 86.1 cm³/mol. The Balaban J connectivity index is 1.83. The number of benzene rings is 2. The molecule has 0 aromatic heterocycles. The van der Waals surface area contributed by atoms with E-state index in [1.165, 1.54) is 10.8 Å². The van der Waals surface area contributed by atoms with Crippen molar-refractivity contribution in [2.24, 2.45) is 10.9 Å². The van der Waals surface area contributed by atoms with Crippen molar-refractivity contribution in [3.05, 3.63) is 42.5 Å². The van der Waals surface area contributed by atoms with Crippen molar-refractivity contribution in [1.29, 1.82) is 0 Å². The molecular formula is C16H18N2S. The number of fused-ring (bicyclic) bond motifs is 1. The molecule has 0 amide bonds. The molecule has 0 aliphatic carbocycles. The molecule has 19 heavy (non-hydrogen) atoms. The Hall–Kier alpha value is -1.48. The fourth-order valence-corrected chi connectivity index (χ4v) is 3.28. The summed E-state index contributed by atoms with van der Waals surface area (Å²) in [7, 11) is 0. The monoisotopic (exact) mass is 270 g/mol. The third-order valence-electron chi connectivity index (χ3n) is 3.45. The second kappa shape index (κ2) is 5.25. The number of hydrogen-bond donors (Lipinski definition) is 1. The van der Waals surface area contributed by atoms with Crippen LogP contribution in [0.25, 0.3) is 10.8 Å². The number of hydrogen-bond acceptors (Lipinski definition) is 3. The van der Waals surface area contributed by atoms with Gasteiger partial charge in [-0.05, 0) is 17.4 Å². The zero-order valence-corrected chi connectivity index (χ0v) is 12.1. The standard InChI is InChI=1S/C16H18N2S/c1-11(2)15-10-17-16(19-15)18-14-9-5-7-12-6-3-4-8-13(12)14/h3-9,11,15H,10H2,1-2H3,(H,17,18). The molecule has 0 saturated heterocycles. The lowest BCUT2D eigenvalue weighted by molar-refractivity contribution is 0.621. The summed E-state index contributed by atoms with van der Waals surface area (Å²) >= 11 is 1.86. The smallest absolute Gasteiger partial charge is 0.161 e. The number of nitrogens with zero attached hydrogens (tertiary/aromatic N) is 1. The Labute approximate surface area is 118 Å². The van der Waals surface area contributed by atoms with Crippen molar-refractivity contribution in [2.75, 3.05) is 11.9 Å². The fourth-order valence-electron chi connectivity index (χ4n) is 2.26. The van der Waals surface area contributed by atoms with E-state index in [2.05, 4.69) is 66.6 Å². The van der Waals surface area contributed by atoms with Crippen molar-refractivity contribution < 1.29 is 0 Å². The SMILES string of the molecule is CC(C)C1CN=C(Nc2cccc3ccccc23)S1. The molecule has 3 rings (SSSR count). The van der Waals surface area contributed by atoms with Crippen LogP contribution in [0, 0.1) is 5.92 Å². The first kappa shape index (κ1) is 12.5. The van der Waals surface area contributed by atoms with Crippen LogP contribution in [0.15, 0.2) is 47.5 Å². The molecule has 98 valence electrons. The molecule has 1 unspecified atom stereocenters. The average molecular weight is 270 g/mol. The third kappa shape index (κ3) is 2.61. The lowest BCUT2D eigenvalue weighted by Crippen LogP contribution is -2.13. The first-order valence-electron chi connectivity index (χ1n) is 6.70. The zero-order chi connectivity index (χ0) is 13.2. The summed E-state index contributed by atoms with van der Waals surface area (Å²) < 4.78 is 0. The minimum absolute atomic E-state index is 0.609. The van der Waals surface area contributed by atoms with Crippen LogP contribution in [0.2, 0.25) is 0 Å². The van der Waals surface area contributed by atoms with Crippen LogP contribution < -0.4 is 5.32 Å². The largest absolute Gasteiger partial charge is 0.334 e. The van der Waals surface area contributed by atoms with E-state index in [0.717, 1.165) is 17.4 Å². The molecule has 0 radical (unpaired) electrons. The van der Waals surface area contributed by atoms with Crippen LogP contribution in [-0.2, 0) is 0 Å². The maximum atomic E-state index is 4.61. The minimum Gasteiger partial charge on any atom is -0.334 e. The van der Waals surface area contributed by atoms with E-state index in [0.29, 0.717) is 11.2 Å². The van der Waals surface area contributed by atoms with Crippen LogP contribution in [-0.4, -0.2) is 17.0 Å². The molecule has 0 spiro atoms. The highest BCUT2D eigenvalue weighted by molar-refractivity contribution is 8.15. The summed E-state index contributed by atoms with van der Waals surface area (Å²) in [6.07, 6.45) is 0. The Morgan fingerprint density at radius 2 is 1.95 bits per heavy atom. The molecule has 2 nitrogen and oxygen atoms in total. The maximum absolute atomic E-state index is 4.61. The van der Waals surface area contributed by atoms with Crippen molar-refractivity contribution in [3.63, 3.8) is 0 Å². The second-order valence-corrected chi connectivity index (χ2v) is 6.43. The van der Waals surface area contributed by atoms with Gasteiger partial charge in [0.15, 0.2) is 5.17 Å². The molecule has 0 fully saturated rings. The lowest BCUT2D eigenvalue weighted by atomic mass is 10.1. The van der Waals surface area contributed by atoms with Gasteiger partial charge in [0.25, 0.3) is 0 Å². The first-order valence-corrected chi connectivity index (χ1v) is 7.58. The molecule has 1 heterocycles. The Bertz CT molecular complexity index is 614. The van der Waals surface area contributed by atoms with Gasteiger partial charge in [0.05, 0.1) is 6.54 Å². The Morgan fingerprint density at radius 1 is 1.16 bits per heavy atom. The molecule has 0 saturated carbocycles. The molecule has 1 aliphatic rings. The summed E-state index contributed by atoms with van der Waals surface area (Å²) in [4.78, 5) is 4.61. The summed E-state index contributed by atoms with van der Waals surface area (Å²) in [6.45, 7) is 5.44. The van der Waals surface area contributed by atoms with E-state index >= 15 is 0 Å². The summed E-state index contributed by atoms with van der Waals surface area (Å²) in [5.41, 5.74) is 1.15. The van der Waals surface area contributed by atoms with Gasteiger partial charge in [0.2, 0.25) is 0 Å². The van der Waals surface area contributed by atoms with Crippen molar-refractivity contribution >= 4 is 33.4 Å². The number of aliphatic imine (C=N–C) groups is 1. The van der Waals surface area contributed by atoms with Crippen molar-refractivity contribution in [1.82, 2.24) is 0 Å². The van der Waals surface area contributed by atoms with Crippen molar-refractivity contribution in [2.45, 2.75) is 19.1 Å². The second-order valence-electron chi connectivity index (χ2n) is 5.20. The molecule has 0 bridgehead atoms. The van der Waals surface area contributed by atoms with Gasteiger partial charge in [0.1, 0.15) is 0 Å². The summed E-state index contributed by atoms with van der Waals surface area (Å²) in [5, 5.41) is 7.65. The van der Waals surface area contributed by atoms with Gasteiger partial charge in [-0.1, -0.05) is 62.0 Å². The van der Waals surface area contributed by atoms with Gasteiger partial charge < -0.3 is 5.32 Å². The Morgan fingerprint density at radius 3 is 2.74 bits per heavy atom. The predicted octanol–water partition coefficient (Wildman–Crippen LogP) is 4.38. The molecule has 3 heteroatoms. The Kier molecular flexibility index (Phi) is 3.47. The number of rotatable bonds is 2. The van der Waals surface area contributed by atoms with E-state index in [9.17, 15) is 0 Å². The topological polar surface area (TPSA) is 24.4 Å². The van der Waals surface area contributed by atoms with E-state index in [-0.39, 0.29) is 0 Å². The van der Waals surface area contributed by atoms with Gasteiger partial charge in [-0.2, -0.15) is 0 Å². The molecule has 2 aromatic rings. The van der Waals surface area contributed by atoms with Crippen molar-refractivity contribution in [3.8, 4) is 0 Å². The zero-order valence-electron chi connectivity index (χ0n) is 11.3. The van der Waals surface area contributed by atoms with E-state index in [1.54, 1.807) is 0 Å². The van der Waals surface area contributed by atoms with Gasteiger partial charge >= 0.3 is 0 Å².